The maximum absolute atomic E-state index is 5.85. The van der Waals surface area contributed by atoms with E-state index in [1.807, 2.05) is 36.4 Å². The Hall–Kier alpha value is -1.76. The zero-order valence-corrected chi connectivity index (χ0v) is 12.0. The molecular weight excluding hydrogens is 232 g/mol. The Labute approximate surface area is 116 Å². The van der Waals surface area contributed by atoms with E-state index in [1.165, 1.54) is 12.0 Å². The summed E-state index contributed by atoms with van der Waals surface area (Å²) in [5, 5.41) is 0. The van der Waals surface area contributed by atoms with E-state index in [1.54, 1.807) is 0 Å². The number of rotatable bonds is 4. The lowest BCUT2D eigenvalue weighted by Crippen LogP contribution is -2.06. The molecule has 0 amide bonds. The summed E-state index contributed by atoms with van der Waals surface area (Å²) >= 11 is 0. The summed E-state index contributed by atoms with van der Waals surface area (Å²) in [7, 11) is 0. The summed E-state index contributed by atoms with van der Waals surface area (Å²) in [6, 6.07) is 18.3. The van der Waals surface area contributed by atoms with Crippen LogP contribution in [0.3, 0.4) is 0 Å². The molecule has 2 aromatic rings. The van der Waals surface area contributed by atoms with Crippen molar-refractivity contribution in [2.75, 3.05) is 0 Å². The highest BCUT2D eigenvalue weighted by Gasteiger charge is 2.10. The van der Waals surface area contributed by atoms with Crippen molar-refractivity contribution in [1.29, 1.82) is 0 Å². The molecule has 0 atom stereocenters. The number of benzene rings is 2. The van der Waals surface area contributed by atoms with Crippen molar-refractivity contribution in [2.45, 2.75) is 33.6 Å². The smallest absolute Gasteiger partial charge is 0.127 e. The first-order valence-corrected chi connectivity index (χ1v) is 6.85. The Kier molecular flexibility index (Phi) is 4.26. The van der Waals surface area contributed by atoms with E-state index in [0.29, 0.717) is 5.41 Å². The van der Waals surface area contributed by atoms with Gasteiger partial charge < -0.3 is 4.74 Å². The van der Waals surface area contributed by atoms with Gasteiger partial charge in [-0.15, -0.1) is 0 Å². The second-order valence-electron chi connectivity index (χ2n) is 6.12. The number of ether oxygens (including phenoxy) is 1. The van der Waals surface area contributed by atoms with E-state index in [4.69, 9.17) is 4.74 Å². The molecule has 0 aromatic heterocycles. The van der Waals surface area contributed by atoms with Gasteiger partial charge in [-0.3, -0.25) is 0 Å². The molecule has 100 valence electrons. The highest BCUT2D eigenvalue weighted by molar-refractivity contribution is 5.33. The van der Waals surface area contributed by atoms with Crippen LogP contribution in [0, 0.1) is 5.41 Å². The summed E-state index contributed by atoms with van der Waals surface area (Å²) in [6.07, 6.45) is 2.28. The Morgan fingerprint density at radius 2 is 1.53 bits per heavy atom. The van der Waals surface area contributed by atoms with Crippen molar-refractivity contribution < 1.29 is 4.74 Å². The molecule has 2 aromatic carbocycles. The minimum Gasteiger partial charge on any atom is -0.457 e. The fourth-order valence-corrected chi connectivity index (χ4v) is 1.91. The van der Waals surface area contributed by atoms with Crippen LogP contribution in [0.1, 0.15) is 32.8 Å². The van der Waals surface area contributed by atoms with Crippen LogP contribution in [0.4, 0.5) is 0 Å². The number of aryl methyl sites for hydroxylation is 1. The lowest BCUT2D eigenvalue weighted by molar-refractivity contribution is 0.378. The maximum Gasteiger partial charge on any atom is 0.127 e. The van der Waals surface area contributed by atoms with Gasteiger partial charge in [0, 0.05) is 0 Å². The quantitative estimate of drug-likeness (QED) is 0.704. The molecule has 2 rings (SSSR count). The van der Waals surface area contributed by atoms with Crippen LogP contribution in [-0.2, 0) is 6.42 Å². The molecule has 0 saturated heterocycles. The highest BCUT2D eigenvalue weighted by atomic mass is 16.5. The first-order valence-electron chi connectivity index (χ1n) is 6.85. The molecular formula is C18H22O. The van der Waals surface area contributed by atoms with Crippen LogP contribution in [-0.4, -0.2) is 0 Å². The van der Waals surface area contributed by atoms with Crippen LogP contribution in [0.15, 0.2) is 54.6 Å². The van der Waals surface area contributed by atoms with Gasteiger partial charge in [-0.1, -0.05) is 51.1 Å². The monoisotopic (exact) mass is 254 g/mol. The third kappa shape index (κ3) is 4.78. The predicted molar refractivity (Wildman–Crippen MR) is 80.7 cm³/mol. The van der Waals surface area contributed by atoms with Gasteiger partial charge in [-0.2, -0.15) is 0 Å². The zero-order valence-electron chi connectivity index (χ0n) is 12.0. The first kappa shape index (κ1) is 13.7. The van der Waals surface area contributed by atoms with Gasteiger partial charge in [0.05, 0.1) is 0 Å². The van der Waals surface area contributed by atoms with E-state index in [9.17, 15) is 0 Å². The Morgan fingerprint density at radius 1 is 0.842 bits per heavy atom. The van der Waals surface area contributed by atoms with Crippen LogP contribution in [0.5, 0.6) is 11.5 Å². The van der Waals surface area contributed by atoms with Crippen molar-refractivity contribution in [2.24, 2.45) is 5.41 Å². The minimum atomic E-state index is 0.371. The number of hydrogen-bond acceptors (Lipinski definition) is 1. The molecule has 0 aliphatic rings. The SMILES string of the molecule is CC(C)(C)CCc1cccc(Oc2ccccc2)c1. The van der Waals surface area contributed by atoms with Gasteiger partial charge >= 0.3 is 0 Å². The van der Waals surface area contributed by atoms with Crippen molar-refractivity contribution in [1.82, 2.24) is 0 Å². The van der Waals surface area contributed by atoms with E-state index >= 15 is 0 Å². The summed E-state index contributed by atoms with van der Waals surface area (Å²) in [6.45, 7) is 6.83. The lowest BCUT2D eigenvalue weighted by Gasteiger charge is -2.18. The Balaban J connectivity index is 2.03. The highest BCUT2D eigenvalue weighted by Crippen LogP contribution is 2.25. The molecule has 0 spiro atoms. The molecule has 0 unspecified atom stereocenters. The van der Waals surface area contributed by atoms with Crippen LogP contribution in [0.25, 0.3) is 0 Å². The maximum atomic E-state index is 5.85. The van der Waals surface area contributed by atoms with E-state index < -0.39 is 0 Å². The van der Waals surface area contributed by atoms with Gasteiger partial charge in [0.2, 0.25) is 0 Å². The first-order chi connectivity index (χ1) is 9.03. The molecule has 0 heterocycles. The van der Waals surface area contributed by atoms with E-state index in [-0.39, 0.29) is 0 Å². The molecule has 0 saturated carbocycles. The zero-order chi connectivity index (χ0) is 13.7. The predicted octanol–water partition coefficient (Wildman–Crippen LogP) is 5.46. The average molecular weight is 254 g/mol. The van der Waals surface area contributed by atoms with E-state index in [2.05, 4.69) is 39.0 Å². The fraction of sp³-hybridized carbons (Fsp3) is 0.333. The van der Waals surface area contributed by atoms with Gasteiger partial charge in [-0.05, 0) is 48.1 Å². The molecule has 0 aliphatic carbocycles. The van der Waals surface area contributed by atoms with Crippen LogP contribution >= 0.6 is 0 Å². The molecule has 0 aliphatic heterocycles. The minimum absolute atomic E-state index is 0.371. The summed E-state index contributed by atoms with van der Waals surface area (Å²) in [4.78, 5) is 0. The summed E-state index contributed by atoms with van der Waals surface area (Å²) in [5.41, 5.74) is 1.71. The van der Waals surface area contributed by atoms with Crippen molar-refractivity contribution >= 4 is 0 Å². The van der Waals surface area contributed by atoms with Crippen molar-refractivity contribution in [3.63, 3.8) is 0 Å². The third-order valence-corrected chi connectivity index (χ3v) is 3.04. The average Bonchev–Trinajstić information content (AvgIpc) is 2.37. The fourth-order valence-electron chi connectivity index (χ4n) is 1.91. The Morgan fingerprint density at radius 3 is 2.21 bits per heavy atom. The van der Waals surface area contributed by atoms with Crippen LogP contribution in [0.2, 0.25) is 0 Å². The van der Waals surface area contributed by atoms with Gasteiger partial charge in [0.1, 0.15) is 11.5 Å². The molecule has 0 radical (unpaired) electrons. The normalized spacial score (nSPS) is 11.3. The van der Waals surface area contributed by atoms with Gasteiger partial charge in [0.25, 0.3) is 0 Å². The van der Waals surface area contributed by atoms with E-state index in [0.717, 1.165) is 17.9 Å². The molecule has 0 fully saturated rings. The molecule has 0 N–H and O–H groups in total. The number of hydrogen-bond donors (Lipinski definition) is 0. The number of para-hydroxylation sites is 1. The molecule has 0 bridgehead atoms. The van der Waals surface area contributed by atoms with Crippen molar-refractivity contribution in [3.05, 3.63) is 60.2 Å². The Bertz CT molecular complexity index is 509. The van der Waals surface area contributed by atoms with Gasteiger partial charge in [0.15, 0.2) is 0 Å². The van der Waals surface area contributed by atoms with Crippen LogP contribution < -0.4 is 4.74 Å². The third-order valence-electron chi connectivity index (χ3n) is 3.04. The molecule has 1 heteroatoms. The topological polar surface area (TPSA) is 9.23 Å². The second-order valence-corrected chi connectivity index (χ2v) is 6.12. The largest absolute Gasteiger partial charge is 0.457 e. The lowest BCUT2D eigenvalue weighted by atomic mass is 9.89. The van der Waals surface area contributed by atoms with Gasteiger partial charge in [-0.25, -0.2) is 0 Å². The summed E-state index contributed by atoms with van der Waals surface area (Å²) in [5.74, 6) is 1.80. The molecule has 19 heavy (non-hydrogen) atoms. The van der Waals surface area contributed by atoms with Crippen molar-refractivity contribution in [3.8, 4) is 11.5 Å². The second kappa shape index (κ2) is 5.92. The molecule has 1 nitrogen and oxygen atoms in total. The summed E-state index contributed by atoms with van der Waals surface area (Å²) < 4.78 is 5.85. The standard InChI is InChI=1S/C18H22O/c1-18(2,3)13-12-15-8-7-11-17(14-15)19-16-9-5-4-6-10-16/h4-11,14H,12-13H2,1-3H3.